The zero-order valence-corrected chi connectivity index (χ0v) is 8.73. The Morgan fingerprint density at radius 1 is 1.58 bits per heavy atom. The van der Waals surface area contributed by atoms with Gasteiger partial charge in [0.2, 0.25) is 5.17 Å². The summed E-state index contributed by atoms with van der Waals surface area (Å²) in [7, 11) is 0. The molecule has 1 N–H and O–H groups in total. The Kier molecular flexibility index (Phi) is 6.24. The van der Waals surface area contributed by atoms with Crippen molar-refractivity contribution in [3.05, 3.63) is 0 Å². The van der Waals surface area contributed by atoms with Gasteiger partial charge >= 0.3 is 0 Å². The molecule has 72 valence electrons. The minimum Gasteiger partial charge on any atom is -0.340 e. The summed E-state index contributed by atoms with van der Waals surface area (Å²) in [6.07, 6.45) is 0.942. The highest BCUT2D eigenvalue weighted by molar-refractivity contribution is 7.65. The minimum absolute atomic E-state index is 0.106. The van der Waals surface area contributed by atoms with E-state index in [9.17, 15) is 9.32 Å². The number of hydrogen-bond acceptors (Lipinski definition) is 1. The first-order chi connectivity index (χ1) is 5.61. The lowest BCUT2D eigenvalue weighted by Gasteiger charge is -2.20. The van der Waals surface area contributed by atoms with Crippen LogP contribution in [-0.4, -0.2) is 32.5 Å². The first kappa shape index (κ1) is 11.8. The maximum absolute atomic E-state index is 10.3. The molecule has 0 unspecified atom stereocenters. The molecule has 0 atom stereocenters. The molecule has 0 rings (SSSR count). The molecular formula is C8H17NO2S. The van der Waals surface area contributed by atoms with E-state index in [4.69, 9.17) is 0 Å². The van der Waals surface area contributed by atoms with Crippen LogP contribution >= 0.6 is 0 Å². The first-order valence-electron chi connectivity index (χ1n) is 4.22. The topological polar surface area (TPSA) is 40.5 Å². The van der Waals surface area contributed by atoms with Crippen LogP contribution < -0.4 is 0 Å². The van der Waals surface area contributed by atoms with E-state index in [1.807, 2.05) is 6.92 Å². The predicted molar refractivity (Wildman–Crippen MR) is 52.5 cm³/mol. The molecule has 0 aliphatic rings. The lowest BCUT2D eigenvalue weighted by Crippen LogP contribution is -2.34. The van der Waals surface area contributed by atoms with Crippen LogP contribution in [-0.2, 0) is 11.3 Å². The van der Waals surface area contributed by atoms with Gasteiger partial charge in [0.15, 0.2) is 0 Å². The average Bonchev–Trinajstić information content (AvgIpc) is 2.01. The molecule has 0 saturated heterocycles. The SMILES string of the molecule is CCCN(CC(C)C)C(O)=S=O. The highest BCUT2D eigenvalue weighted by Gasteiger charge is 2.09. The fourth-order valence-corrected chi connectivity index (χ4v) is 1.30. The molecule has 0 amide bonds. The van der Waals surface area contributed by atoms with Crippen molar-refractivity contribution in [1.82, 2.24) is 4.90 Å². The highest BCUT2D eigenvalue weighted by atomic mass is 32.1. The van der Waals surface area contributed by atoms with Crippen LogP contribution in [0.5, 0.6) is 0 Å². The summed E-state index contributed by atoms with van der Waals surface area (Å²) in [5, 5.41) is 9.08. The summed E-state index contributed by atoms with van der Waals surface area (Å²) in [6, 6.07) is 0. The van der Waals surface area contributed by atoms with Crippen LogP contribution in [0.4, 0.5) is 0 Å². The Hall–Kier alpha value is -0.190. The summed E-state index contributed by atoms with van der Waals surface area (Å²) in [4.78, 5) is 1.72. The Balaban J connectivity index is 4.13. The van der Waals surface area contributed by atoms with Crippen molar-refractivity contribution in [1.29, 1.82) is 0 Å². The van der Waals surface area contributed by atoms with E-state index >= 15 is 0 Å². The highest BCUT2D eigenvalue weighted by Crippen LogP contribution is 1.99. The summed E-state index contributed by atoms with van der Waals surface area (Å²) in [5.41, 5.74) is 0. The van der Waals surface area contributed by atoms with Gasteiger partial charge in [-0.3, -0.25) is 0 Å². The number of aliphatic hydroxyl groups is 1. The van der Waals surface area contributed by atoms with E-state index in [0.29, 0.717) is 5.92 Å². The van der Waals surface area contributed by atoms with Gasteiger partial charge in [0.1, 0.15) is 11.3 Å². The largest absolute Gasteiger partial charge is 0.340 e. The lowest BCUT2D eigenvalue weighted by atomic mass is 10.2. The van der Waals surface area contributed by atoms with Gasteiger partial charge in [-0.1, -0.05) is 20.8 Å². The molecule has 0 radical (unpaired) electrons. The van der Waals surface area contributed by atoms with E-state index < -0.39 is 0 Å². The number of aliphatic hydroxyl groups excluding tert-OH is 1. The molecule has 0 spiro atoms. The molecule has 0 aromatic rings. The average molecular weight is 191 g/mol. The molecular weight excluding hydrogens is 174 g/mol. The van der Waals surface area contributed by atoms with Crippen LogP contribution in [0.3, 0.4) is 0 Å². The van der Waals surface area contributed by atoms with Crippen molar-refractivity contribution in [2.75, 3.05) is 13.1 Å². The minimum atomic E-state index is -0.106. The predicted octanol–water partition coefficient (Wildman–Crippen LogP) is 1.21. The van der Waals surface area contributed by atoms with Gasteiger partial charge in [-0.25, -0.2) is 9.11 Å². The van der Waals surface area contributed by atoms with Crippen LogP contribution in [0.15, 0.2) is 0 Å². The van der Waals surface area contributed by atoms with Crippen LogP contribution in [0, 0.1) is 5.92 Å². The van der Waals surface area contributed by atoms with Crippen molar-refractivity contribution in [2.45, 2.75) is 27.2 Å². The quantitative estimate of drug-likeness (QED) is 0.679. The van der Waals surface area contributed by atoms with E-state index in [1.165, 1.54) is 0 Å². The van der Waals surface area contributed by atoms with E-state index in [2.05, 4.69) is 13.8 Å². The second-order valence-corrected chi connectivity index (χ2v) is 3.74. The number of hydrogen-bond donors (Lipinski definition) is 1. The standard InChI is InChI=1S/C8H17NO2S/c1-4-5-9(6-7(2)3)8(10)12-11/h7,10H,4-6H2,1-3H3. The number of rotatable bonds is 4. The third-order valence-electron chi connectivity index (χ3n) is 1.42. The number of nitrogens with zero attached hydrogens (tertiary/aromatic N) is 1. The van der Waals surface area contributed by atoms with Gasteiger partial charge in [0.05, 0.1) is 0 Å². The van der Waals surface area contributed by atoms with Crippen LogP contribution in [0.2, 0.25) is 0 Å². The molecule has 0 aliphatic heterocycles. The lowest BCUT2D eigenvalue weighted by molar-refractivity contribution is 0.311. The normalized spacial score (nSPS) is 10.8. The molecule has 0 saturated carbocycles. The van der Waals surface area contributed by atoms with Gasteiger partial charge in [0.25, 0.3) is 0 Å². The molecule has 0 fully saturated rings. The van der Waals surface area contributed by atoms with Gasteiger partial charge in [-0.05, 0) is 12.3 Å². The van der Waals surface area contributed by atoms with Crippen molar-refractivity contribution in [3.63, 3.8) is 0 Å². The van der Waals surface area contributed by atoms with Crippen LogP contribution in [0.1, 0.15) is 27.2 Å². The van der Waals surface area contributed by atoms with Crippen LogP contribution in [0.25, 0.3) is 0 Å². The molecule has 12 heavy (non-hydrogen) atoms. The zero-order chi connectivity index (χ0) is 9.56. The van der Waals surface area contributed by atoms with Crippen molar-refractivity contribution in [3.8, 4) is 0 Å². The summed E-state index contributed by atoms with van der Waals surface area (Å²) >= 11 is 0.163. The summed E-state index contributed by atoms with van der Waals surface area (Å²) in [6.45, 7) is 7.64. The Morgan fingerprint density at radius 2 is 2.17 bits per heavy atom. The molecule has 0 heterocycles. The Bertz CT molecular complexity index is 176. The molecule has 4 heteroatoms. The van der Waals surface area contributed by atoms with Gasteiger partial charge in [-0.15, -0.1) is 0 Å². The van der Waals surface area contributed by atoms with E-state index in [1.54, 1.807) is 4.90 Å². The Morgan fingerprint density at radius 3 is 2.50 bits per heavy atom. The van der Waals surface area contributed by atoms with Gasteiger partial charge in [-0.2, -0.15) is 0 Å². The molecule has 0 bridgehead atoms. The molecule has 0 aromatic heterocycles. The summed E-state index contributed by atoms with van der Waals surface area (Å²) in [5.74, 6) is 0.464. The molecule has 3 nitrogen and oxygen atoms in total. The van der Waals surface area contributed by atoms with E-state index in [0.717, 1.165) is 19.5 Å². The van der Waals surface area contributed by atoms with Gasteiger partial charge < -0.3 is 5.11 Å². The van der Waals surface area contributed by atoms with Crippen molar-refractivity contribution in [2.24, 2.45) is 5.92 Å². The van der Waals surface area contributed by atoms with E-state index in [-0.39, 0.29) is 16.4 Å². The van der Waals surface area contributed by atoms with Crippen molar-refractivity contribution < 1.29 is 9.32 Å². The zero-order valence-electron chi connectivity index (χ0n) is 7.91. The fourth-order valence-electron chi connectivity index (χ4n) is 1.03. The second kappa shape index (κ2) is 6.34. The van der Waals surface area contributed by atoms with Crippen molar-refractivity contribution >= 4 is 16.4 Å². The van der Waals surface area contributed by atoms with Gasteiger partial charge in [0, 0.05) is 13.1 Å². The third kappa shape index (κ3) is 4.64. The smallest absolute Gasteiger partial charge is 0.216 e. The third-order valence-corrected chi connectivity index (χ3v) is 1.83. The summed E-state index contributed by atoms with van der Waals surface area (Å²) < 4.78 is 10.3. The maximum Gasteiger partial charge on any atom is 0.216 e. The first-order valence-corrected chi connectivity index (χ1v) is 4.96. The Labute approximate surface area is 77.5 Å². The molecule has 0 aliphatic carbocycles. The maximum atomic E-state index is 10.3. The molecule has 0 aromatic carbocycles. The fraction of sp³-hybridized carbons (Fsp3) is 0.875. The second-order valence-electron chi connectivity index (χ2n) is 3.21. The monoisotopic (exact) mass is 191 g/mol.